The number of carbonyl (C=O) groups excluding carboxylic acids is 1. The minimum Gasteiger partial charge on any atom is -0.481 e. The fourth-order valence-electron chi connectivity index (χ4n) is 1.68. The summed E-state index contributed by atoms with van der Waals surface area (Å²) in [6.07, 6.45) is 0. The third-order valence-electron chi connectivity index (χ3n) is 2.28. The number of nitrogens with one attached hydrogen (secondary N) is 1. The quantitative estimate of drug-likeness (QED) is 0.682. The van der Waals surface area contributed by atoms with Crippen molar-refractivity contribution in [2.24, 2.45) is 0 Å². The lowest BCUT2D eigenvalue weighted by molar-refractivity contribution is -0.115. The van der Waals surface area contributed by atoms with Crippen LogP contribution in [-0.4, -0.2) is 11.8 Å². The molecule has 0 saturated heterocycles. The minimum atomic E-state index is -0.0718. The van der Waals surface area contributed by atoms with E-state index in [-0.39, 0.29) is 11.2 Å². The van der Waals surface area contributed by atoms with Crippen molar-refractivity contribution in [3.63, 3.8) is 0 Å². The van der Waals surface area contributed by atoms with E-state index in [2.05, 4.69) is 5.32 Å². The summed E-state index contributed by atoms with van der Waals surface area (Å²) in [4.78, 5) is 11.5. The van der Waals surface area contributed by atoms with Crippen LogP contribution in [0.1, 0.15) is 10.8 Å². The Bertz CT molecular complexity index is 391. The van der Waals surface area contributed by atoms with E-state index in [1.165, 1.54) is 11.8 Å². The lowest BCUT2D eigenvalue weighted by Gasteiger charge is -2.09. The highest BCUT2D eigenvalue weighted by Crippen LogP contribution is 2.47. The van der Waals surface area contributed by atoms with Crippen molar-refractivity contribution in [2.45, 2.75) is 5.25 Å². The van der Waals surface area contributed by atoms with Crippen molar-refractivity contribution in [3.05, 3.63) is 23.8 Å². The molecule has 0 saturated carbocycles. The van der Waals surface area contributed by atoms with Gasteiger partial charge >= 0.3 is 0 Å². The fourth-order valence-corrected chi connectivity index (χ4v) is 2.60. The van der Waals surface area contributed by atoms with Crippen LogP contribution in [0, 0.1) is 0 Å². The molecule has 0 spiro atoms. The maximum atomic E-state index is 11.5. The van der Waals surface area contributed by atoms with Crippen LogP contribution in [0.4, 0.5) is 5.69 Å². The van der Waals surface area contributed by atoms with Gasteiger partial charge in [-0.15, -0.1) is 11.8 Å². The zero-order chi connectivity index (χ0) is 8.84. The Balaban J connectivity index is 2.27. The molecule has 1 aromatic carbocycles. The smallest absolute Gasteiger partial charge is 0.242 e. The van der Waals surface area contributed by atoms with E-state index in [1.807, 2.05) is 18.2 Å². The van der Waals surface area contributed by atoms with Gasteiger partial charge in [0.15, 0.2) is 0 Å². The first kappa shape index (κ1) is 7.26. The largest absolute Gasteiger partial charge is 0.481 e. The maximum absolute atomic E-state index is 11.5. The van der Waals surface area contributed by atoms with Gasteiger partial charge in [0.05, 0.1) is 5.69 Å². The summed E-state index contributed by atoms with van der Waals surface area (Å²) < 4.78 is 5.46. The summed E-state index contributed by atoms with van der Waals surface area (Å²) in [5.41, 5.74) is 1.92. The van der Waals surface area contributed by atoms with Crippen LogP contribution in [0.5, 0.6) is 5.75 Å². The highest BCUT2D eigenvalue weighted by molar-refractivity contribution is 8.00. The summed E-state index contributed by atoms with van der Waals surface area (Å²) in [5.74, 6) is 1.42. The molecule has 2 heterocycles. The molecular formula is C9H7NO2S. The molecule has 1 N–H and O–H groups in total. The molecule has 1 unspecified atom stereocenters. The van der Waals surface area contributed by atoms with E-state index in [4.69, 9.17) is 4.74 Å². The first-order valence-corrected chi connectivity index (χ1v) is 5.09. The number of hydrogen-bond acceptors (Lipinski definition) is 3. The van der Waals surface area contributed by atoms with Crippen LogP contribution in [0.3, 0.4) is 0 Å². The Labute approximate surface area is 79.5 Å². The molecule has 13 heavy (non-hydrogen) atoms. The molecule has 2 aliphatic heterocycles. The molecule has 4 heteroatoms. The molecule has 0 fully saturated rings. The van der Waals surface area contributed by atoms with Crippen LogP contribution in [0.2, 0.25) is 0 Å². The van der Waals surface area contributed by atoms with Crippen molar-refractivity contribution < 1.29 is 9.53 Å². The van der Waals surface area contributed by atoms with Crippen molar-refractivity contribution in [1.82, 2.24) is 0 Å². The van der Waals surface area contributed by atoms with Gasteiger partial charge in [-0.1, -0.05) is 12.1 Å². The van der Waals surface area contributed by atoms with Gasteiger partial charge < -0.3 is 10.1 Å². The molecule has 4 bridgehead atoms. The predicted molar refractivity (Wildman–Crippen MR) is 50.9 cm³/mol. The Hall–Kier alpha value is -1.16. The van der Waals surface area contributed by atoms with E-state index in [9.17, 15) is 4.79 Å². The third kappa shape index (κ3) is 0.891. The van der Waals surface area contributed by atoms with Crippen molar-refractivity contribution in [2.75, 3.05) is 11.3 Å². The number of rotatable bonds is 0. The van der Waals surface area contributed by atoms with Gasteiger partial charge in [-0.3, -0.25) is 4.79 Å². The summed E-state index contributed by atoms with van der Waals surface area (Å²) in [7, 11) is 0. The van der Waals surface area contributed by atoms with Gasteiger partial charge in [-0.05, 0) is 6.07 Å². The molecular weight excluding hydrogens is 186 g/mol. The third-order valence-corrected chi connectivity index (χ3v) is 3.33. The van der Waals surface area contributed by atoms with E-state index >= 15 is 0 Å². The lowest BCUT2D eigenvalue weighted by atomic mass is 10.1. The predicted octanol–water partition coefficient (Wildman–Crippen LogP) is 1.76. The molecule has 1 atom stereocenters. The van der Waals surface area contributed by atoms with Gasteiger partial charge in [-0.25, -0.2) is 0 Å². The minimum absolute atomic E-state index is 0.0718. The zero-order valence-electron chi connectivity index (χ0n) is 6.74. The summed E-state index contributed by atoms with van der Waals surface area (Å²) >= 11 is 1.53. The molecule has 3 nitrogen and oxygen atoms in total. The fraction of sp³-hybridized carbons (Fsp3) is 0.222. The van der Waals surface area contributed by atoms with Gasteiger partial charge in [0.1, 0.15) is 16.9 Å². The highest BCUT2D eigenvalue weighted by Gasteiger charge is 2.35. The number of anilines is 1. The number of hydrogen-bond donors (Lipinski definition) is 1. The first-order valence-electron chi connectivity index (χ1n) is 4.04. The second-order valence-electron chi connectivity index (χ2n) is 3.02. The van der Waals surface area contributed by atoms with Crippen LogP contribution in [-0.2, 0) is 4.79 Å². The van der Waals surface area contributed by atoms with E-state index in [0.29, 0.717) is 5.94 Å². The van der Waals surface area contributed by atoms with E-state index < -0.39 is 0 Å². The highest BCUT2D eigenvalue weighted by atomic mass is 32.2. The number of ether oxygens (including phenoxy) is 1. The molecule has 0 aromatic heterocycles. The van der Waals surface area contributed by atoms with E-state index in [1.54, 1.807) is 0 Å². The summed E-state index contributed by atoms with van der Waals surface area (Å²) in [6, 6.07) is 5.78. The molecule has 0 aliphatic carbocycles. The second kappa shape index (κ2) is 2.42. The number of thioether (sulfide) groups is 1. The SMILES string of the molecule is O=C1Nc2c3cccc2C1SCO3. The van der Waals surface area contributed by atoms with Crippen molar-refractivity contribution in [1.29, 1.82) is 0 Å². The van der Waals surface area contributed by atoms with Gasteiger partial charge in [0.25, 0.3) is 0 Å². The Morgan fingerprint density at radius 3 is 3.38 bits per heavy atom. The van der Waals surface area contributed by atoms with Crippen LogP contribution < -0.4 is 10.1 Å². The van der Waals surface area contributed by atoms with Crippen LogP contribution in [0.15, 0.2) is 18.2 Å². The normalized spacial score (nSPS) is 23.4. The topological polar surface area (TPSA) is 38.3 Å². The average molecular weight is 193 g/mol. The molecule has 2 aliphatic rings. The Kier molecular flexibility index (Phi) is 1.35. The molecule has 0 radical (unpaired) electrons. The van der Waals surface area contributed by atoms with Gasteiger partial charge in [-0.2, -0.15) is 0 Å². The Morgan fingerprint density at radius 2 is 2.46 bits per heavy atom. The second-order valence-corrected chi connectivity index (χ2v) is 4.06. The number of para-hydroxylation sites is 1. The Morgan fingerprint density at radius 1 is 1.54 bits per heavy atom. The monoisotopic (exact) mass is 193 g/mol. The average Bonchev–Trinajstić information content (AvgIpc) is 2.39. The summed E-state index contributed by atoms with van der Waals surface area (Å²) in [5, 5.41) is 2.76. The standard InChI is InChI=1S/C9H7NO2S/c11-9-8-5-2-1-3-6(7(5)10-9)12-4-13-8/h1-3,8H,4H2,(H,10,11). The lowest BCUT2D eigenvalue weighted by Crippen LogP contribution is -2.12. The van der Waals surface area contributed by atoms with Gasteiger partial charge in [0.2, 0.25) is 5.91 Å². The van der Waals surface area contributed by atoms with Crippen molar-refractivity contribution >= 4 is 23.4 Å². The molecule has 1 amide bonds. The molecule has 66 valence electrons. The zero-order valence-corrected chi connectivity index (χ0v) is 7.56. The molecule has 3 rings (SSSR count). The number of carbonyl (C=O) groups is 1. The van der Waals surface area contributed by atoms with Crippen LogP contribution >= 0.6 is 11.8 Å². The maximum Gasteiger partial charge on any atom is 0.242 e. The number of benzene rings is 1. The van der Waals surface area contributed by atoms with Gasteiger partial charge in [0, 0.05) is 5.56 Å². The van der Waals surface area contributed by atoms with Crippen LogP contribution in [0.25, 0.3) is 0 Å². The first-order chi connectivity index (χ1) is 6.36. The van der Waals surface area contributed by atoms with Crippen molar-refractivity contribution in [3.8, 4) is 5.75 Å². The molecule has 1 aromatic rings. The summed E-state index contributed by atoms with van der Waals surface area (Å²) in [6.45, 7) is 0. The van der Waals surface area contributed by atoms with E-state index in [0.717, 1.165) is 17.0 Å². The number of amides is 1.